The molecule has 0 unspecified atom stereocenters. The van der Waals surface area contributed by atoms with Crippen LogP contribution in [-0.2, 0) is 0 Å². The van der Waals surface area contributed by atoms with Gasteiger partial charge in [-0.2, -0.15) is 8.78 Å². The smallest absolute Gasteiger partial charge is 0.387 e. The fraction of sp³-hybridized carbons (Fsp3) is 0.118. The van der Waals surface area contributed by atoms with Crippen LogP contribution in [0, 0.1) is 6.92 Å². The molecule has 21 heavy (non-hydrogen) atoms. The van der Waals surface area contributed by atoms with Gasteiger partial charge in [-0.3, -0.25) is 4.79 Å². The van der Waals surface area contributed by atoms with E-state index in [0.717, 1.165) is 5.56 Å². The molecule has 0 saturated heterocycles. The number of carbonyl (C=O) groups is 1. The molecule has 0 atom stereocenters. The molecule has 0 aliphatic heterocycles. The van der Waals surface area contributed by atoms with E-state index in [1.54, 1.807) is 30.3 Å². The average Bonchev–Trinajstić information content (AvgIpc) is 2.46. The van der Waals surface area contributed by atoms with Crippen LogP contribution in [0.4, 0.5) is 8.78 Å². The third-order valence-electron chi connectivity index (χ3n) is 2.89. The standard InChI is InChI=1S/C17H14F2O2/c1-12-6-8-13(9-7-12)15(20)11-10-14-4-2-3-5-16(14)21-17(18)19/h2-11,17H,1H3. The number of ether oxygens (including phenoxy) is 1. The molecule has 0 fully saturated rings. The highest BCUT2D eigenvalue weighted by molar-refractivity contribution is 6.06. The van der Waals surface area contributed by atoms with Crippen molar-refractivity contribution in [1.82, 2.24) is 0 Å². The first-order chi connectivity index (χ1) is 10.1. The van der Waals surface area contributed by atoms with Crippen LogP contribution in [0.5, 0.6) is 5.75 Å². The minimum atomic E-state index is -2.90. The minimum Gasteiger partial charge on any atom is -0.434 e. The molecule has 2 aromatic rings. The Morgan fingerprint density at radius 3 is 2.43 bits per heavy atom. The summed E-state index contributed by atoms with van der Waals surface area (Å²) in [7, 11) is 0. The number of hydrogen-bond acceptors (Lipinski definition) is 2. The molecule has 0 saturated carbocycles. The molecule has 4 heteroatoms. The molecule has 0 spiro atoms. The van der Waals surface area contributed by atoms with Crippen LogP contribution in [0.25, 0.3) is 6.08 Å². The van der Waals surface area contributed by atoms with Crippen molar-refractivity contribution in [1.29, 1.82) is 0 Å². The zero-order chi connectivity index (χ0) is 15.2. The summed E-state index contributed by atoms with van der Waals surface area (Å²) < 4.78 is 29.0. The molecule has 2 aromatic carbocycles. The number of halogens is 2. The van der Waals surface area contributed by atoms with Crippen molar-refractivity contribution in [2.24, 2.45) is 0 Å². The van der Waals surface area contributed by atoms with Crippen LogP contribution in [0.2, 0.25) is 0 Å². The maximum Gasteiger partial charge on any atom is 0.387 e. The van der Waals surface area contributed by atoms with E-state index in [9.17, 15) is 13.6 Å². The Kier molecular flexibility index (Phi) is 4.82. The van der Waals surface area contributed by atoms with E-state index in [4.69, 9.17) is 0 Å². The molecule has 108 valence electrons. The average molecular weight is 288 g/mol. The number of benzene rings is 2. The van der Waals surface area contributed by atoms with Crippen LogP contribution >= 0.6 is 0 Å². The summed E-state index contributed by atoms with van der Waals surface area (Å²) >= 11 is 0. The molecule has 0 heterocycles. The van der Waals surface area contributed by atoms with Gasteiger partial charge in [-0.15, -0.1) is 0 Å². The predicted octanol–water partition coefficient (Wildman–Crippen LogP) is 4.49. The van der Waals surface area contributed by atoms with Crippen molar-refractivity contribution in [3.05, 3.63) is 71.3 Å². The van der Waals surface area contributed by atoms with Gasteiger partial charge in [0, 0.05) is 11.1 Å². The number of ketones is 1. The molecule has 0 aromatic heterocycles. The van der Waals surface area contributed by atoms with Crippen LogP contribution in [0.15, 0.2) is 54.6 Å². The predicted molar refractivity (Wildman–Crippen MR) is 77.6 cm³/mol. The molecule has 2 nitrogen and oxygen atoms in total. The van der Waals surface area contributed by atoms with E-state index in [1.165, 1.54) is 18.2 Å². The third kappa shape index (κ3) is 4.24. The van der Waals surface area contributed by atoms with Crippen molar-refractivity contribution in [2.45, 2.75) is 13.5 Å². The van der Waals surface area contributed by atoms with Gasteiger partial charge >= 0.3 is 6.61 Å². The first-order valence-electron chi connectivity index (χ1n) is 6.39. The highest BCUT2D eigenvalue weighted by Crippen LogP contribution is 2.21. The number of carbonyl (C=O) groups excluding carboxylic acids is 1. The number of para-hydroxylation sites is 1. The van der Waals surface area contributed by atoms with Crippen molar-refractivity contribution in [3.63, 3.8) is 0 Å². The Balaban J connectivity index is 2.17. The van der Waals surface area contributed by atoms with E-state index >= 15 is 0 Å². The van der Waals surface area contributed by atoms with Gasteiger partial charge in [0.25, 0.3) is 0 Å². The molecular formula is C17H14F2O2. The second kappa shape index (κ2) is 6.79. The molecule has 0 amide bonds. The maximum absolute atomic E-state index is 12.3. The summed E-state index contributed by atoms with van der Waals surface area (Å²) in [6, 6.07) is 13.5. The number of rotatable bonds is 5. The molecular weight excluding hydrogens is 274 g/mol. The highest BCUT2D eigenvalue weighted by Gasteiger charge is 2.07. The van der Waals surface area contributed by atoms with E-state index in [2.05, 4.69) is 4.74 Å². The van der Waals surface area contributed by atoms with Gasteiger partial charge in [-0.25, -0.2) is 0 Å². The number of allylic oxidation sites excluding steroid dienone is 1. The lowest BCUT2D eigenvalue weighted by molar-refractivity contribution is -0.0499. The molecule has 0 N–H and O–H groups in total. The topological polar surface area (TPSA) is 26.3 Å². The Morgan fingerprint density at radius 2 is 1.76 bits per heavy atom. The zero-order valence-corrected chi connectivity index (χ0v) is 11.4. The monoisotopic (exact) mass is 288 g/mol. The van der Waals surface area contributed by atoms with Crippen molar-refractivity contribution in [2.75, 3.05) is 0 Å². The largest absolute Gasteiger partial charge is 0.434 e. The summed E-state index contributed by atoms with van der Waals surface area (Å²) in [5.41, 5.74) is 2.04. The van der Waals surface area contributed by atoms with Crippen LogP contribution in [-0.4, -0.2) is 12.4 Å². The Hall–Kier alpha value is -2.49. The van der Waals surface area contributed by atoms with Crippen molar-refractivity contribution >= 4 is 11.9 Å². The van der Waals surface area contributed by atoms with Gasteiger partial charge in [-0.1, -0.05) is 48.0 Å². The lowest BCUT2D eigenvalue weighted by Gasteiger charge is -2.07. The van der Waals surface area contributed by atoms with Crippen molar-refractivity contribution < 1.29 is 18.3 Å². The fourth-order valence-electron chi connectivity index (χ4n) is 1.80. The number of aryl methyl sites for hydroxylation is 1. The fourth-order valence-corrected chi connectivity index (χ4v) is 1.80. The number of alkyl halides is 2. The van der Waals surface area contributed by atoms with Crippen molar-refractivity contribution in [3.8, 4) is 5.75 Å². The highest BCUT2D eigenvalue weighted by atomic mass is 19.3. The molecule has 0 radical (unpaired) electrons. The first-order valence-corrected chi connectivity index (χ1v) is 6.39. The van der Waals surface area contributed by atoms with Gasteiger partial charge < -0.3 is 4.74 Å². The van der Waals surface area contributed by atoms with Gasteiger partial charge in [0.1, 0.15) is 5.75 Å². The molecule has 0 aliphatic rings. The van der Waals surface area contributed by atoms with Crippen LogP contribution in [0.3, 0.4) is 0 Å². The van der Waals surface area contributed by atoms with Gasteiger partial charge in [0.05, 0.1) is 0 Å². The quantitative estimate of drug-likeness (QED) is 0.598. The lowest BCUT2D eigenvalue weighted by atomic mass is 10.1. The van der Waals surface area contributed by atoms with Gasteiger partial charge in [0.2, 0.25) is 0 Å². The Morgan fingerprint density at radius 1 is 1.10 bits per heavy atom. The third-order valence-corrected chi connectivity index (χ3v) is 2.89. The van der Waals surface area contributed by atoms with E-state index in [0.29, 0.717) is 11.1 Å². The number of hydrogen-bond donors (Lipinski definition) is 0. The van der Waals surface area contributed by atoms with E-state index in [1.807, 2.05) is 19.1 Å². The second-order valence-corrected chi connectivity index (χ2v) is 4.48. The SMILES string of the molecule is Cc1ccc(C(=O)C=Cc2ccccc2OC(F)F)cc1. The normalized spacial score (nSPS) is 11.0. The van der Waals surface area contributed by atoms with E-state index in [-0.39, 0.29) is 11.5 Å². The molecule has 2 rings (SSSR count). The molecule has 0 aliphatic carbocycles. The van der Waals surface area contributed by atoms with Gasteiger partial charge in [0.15, 0.2) is 5.78 Å². The second-order valence-electron chi connectivity index (χ2n) is 4.48. The lowest BCUT2D eigenvalue weighted by Crippen LogP contribution is -2.03. The summed E-state index contributed by atoms with van der Waals surface area (Å²) in [5, 5.41) is 0. The summed E-state index contributed by atoms with van der Waals surface area (Å²) in [5.74, 6) is -0.151. The first kappa shape index (κ1) is 14.9. The summed E-state index contributed by atoms with van der Waals surface area (Å²) in [6.07, 6.45) is 2.82. The van der Waals surface area contributed by atoms with Crippen LogP contribution < -0.4 is 4.74 Å². The zero-order valence-electron chi connectivity index (χ0n) is 11.4. The minimum absolute atomic E-state index is 0.0421. The Bertz CT molecular complexity index is 646. The Labute approximate surface area is 121 Å². The van der Waals surface area contributed by atoms with Gasteiger partial charge in [-0.05, 0) is 25.1 Å². The summed E-state index contributed by atoms with van der Waals surface area (Å²) in [6.45, 7) is -0.963. The summed E-state index contributed by atoms with van der Waals surface area (Å²) in [4.78, 5) is 12.0. The maximum atomic E-state index is 12.3. The molecule has 0 bridgehead atoms. The van der Waals surface area contributed by atoms with Crippen LogP contribution in [0.1, 0.15) is 21.5 Å². The van der Waals surface area contributed by atoms with E-state index < -0.39 is 6.61 Å².